The fraction of sp³-hybridized carbons (Fsp3) is 0.111. The molecule has 2 N–H and O–H groups in total. The number of nitrogens with zero attached hydrogens (tertiary/aromatic N) is 2. The van der Waals surface area contributed by atoms with Gasteiger partial charge in [-0.3, -0.25) is 14.9 Å². The zero-order chi connectivity index (χ0) is 27.1. The number of carbonyl (C=O) groups is 1. The Balaban J connectivity index is 1.43. The molecule has 1 aromatic heterocycles. The van der Waals surface area contributed by atoms with Gasteiger partial charge in [0.2, 0.25) is 15.9 Å². The molecule has 0 spiro atoms. The highest BCUT2D eigenvalue weighted by Crippen LogP contribution is 2.25. The van der Waals surface area contributed by atoms with Crippen molar-refractivity contribution in [2.75, 3.05) is 0 Å². The van der Waals surface area contributed by atoms with E-state index in [0.29, 0.717) is 22.6 Å². The molecule has 0 saturated heterocycles. The number of furan rings is 1. The maximum atomic E-state index is 13.0. The number of non-ortho nitro benzene ring substituents is 1. The maximum absolute atomic E-state index is 13.0. The van der Waals surface area contributed by atoms with Crippen LogP contribution in [0, 0.1) is 17.0 Å². The quantitative estimate of drug-likeness (QED) is 0.172. The predicted octanol–water partition coefficient (Wildman–Crippen LogP) is 4.72. The summed E-state index contributed by atoms with van der Waals surface area (Å²) in [6.45, 7) is 1.86. The molecule has 4 aromatic rings. The Morgan fingerprint density at radius 2 is 1.76 bits per heavy atom. The van der Waals surface area contributed by atoms with Crippen molar-refractivity contribution in [1.82, 2.24) is 10.1 Å². The number of benzene rings is 3. The number of hydrogen-bond acceptors (Lipinski definition) is 7. The number of sulfonamides is 1. The second-order valence-electron chi connectivity index (χ2n) is 8.40. The molecular formula is C27H24N4O6S. The number of aryl methyl sites for hydroxylation is 1. The van der Waals surface area contributed by atoms with Crippen molar-refractivity contribution in [2.24, 2.45) is 5.10 Å². The summed E-state index contributed by atoms with van der Waals surface area (Å²) in [5, 5.41) is 14.9. The van der Waals surface area contributed by atoms with Crippen LogP contribution in [0.2, 0.25) is 0 Å². The number of carbonyl (C=O) groups excluding carboxylic acids is 1. The molecule has 0 bridgehead atoms. The van der Waals surface area contributed by atoms with E-state index in [1.807, 2.05) is 6.92 Å². The first-order chi connectivity index (χ1) is 18.2. The summed E-state index contributed by atoms with van der Waals surface area (Å²) in [5.41, 5.74) is 4.39. The molecule has 1 atom stereocenters. The summed E-state index contributed by atoms with van der Waals surface area (Å²) in [6, 6.07) is 23.6. The first kappa shape index (κ1) is 26.5. The lowest BCUT2D eigenvalue weighted by Gasteiger charge is -2.18. The topological polar surface area (TPSA) is 144 Å². The van der Waals surface area contributed by atoms with E-state index < -0.39 is 26.9 Å². The van der Waals surface area contributed by atoms with Crippen LogP contribution in [0.3, 0.4) is 0 Å². The van der Waals surface area contributed by atoms with E-state index in [-0.39, 0.29) is 17.0 Å². The molecule has 0 radical (unpaired) electrons. The van der Waals surface area contributed by atoms with Crippen LogP contribution < -0.4 is 10.1 Å². The van der Waals surface area contributed by atoms with Crippen molar-refractivity contribution in [1.29, 1.82) is 0 Å². The van der Waals surface area contributed by atoms with Crippen molar-refractivity contribution < 1.29 is 22.6 Å². The molecule has 0 saturated carbocycles. The number of amides is 1. The molecule has 0 aliphatic rings. The molecule has 4 rings (SSSR count). The minimum atomic E-state index is -3.89. The Labute approximate surface area is 219 Å². The van der Waals surface area contributed by atoms with E-state index in [9.17, 15) is 23.3 Å². The monoisotopic (exact) mass is 532 g/mol. The fourth-order valence-corrected chi connectivity index (χ4v) is 4.86. The Kier molecular flexibility index (Phi) is 8.09. The minimum Gasteiger partial charge on any atom is -0.455 e. The molecule has 0 unspecified atom stereocenters. The minimum absolute atomic E-state index is 0.0626. The van der Waals surface area contributed by atoms with Crippen molar-refractivity contribution in [3.05, 3.63) is 118 Å². The highest BCUT2D eigenvalue weighted by molar-refractivity contribution is 7.89. The van der Waals surface area contributed by atoms with Crippen LogP contribution in [-0.4, -0.2) is 25.5 Å². The molecule has 1 heterocycles. The summed E-state index contributed by atoms with van der Waals surface area (Å²) >= 11 is 0. The highest BCUT2D eigenvalue weighted by Gasteiger charge is 2.23. The smallest absolute Gasteiger partial charge is 0.270 e. The summed E-state index contributed by atoms with van der Waals surface area (Å²) in [5.74, 6) is 0.190. The second kappa shape index (κ2) is 11.6. The summed E-state index contributed by atoms with van der Waals surface area (Å²) in [6.07, 6.45) is 1.08. The standard InChI is InChI=1S/C27H24N4O6S/c1-19-10-13-24(14-11-19)38(35,36)30-25(20-6-3-2-4-7-20)17-27(32)29-28-18-23-12-15-26(37-23)21-8-5-9-22(16-21)31(33)34/h2-16,18,25,30H,17H2,1H3,(H,29,32)/b28-18-/t25-/m1/s1. The molecule has 0 fully saturated rings. The summed E-state index contributed by atoms with van der Waals surface area (Å²) < 4.78 is 34.2. The van der Waals surface area contributed by atoms with Crippen LogP contribution in [0.25, 0.3) is 11.3 Å². The Morgan fingerprint density at radius 1 is 1.03 bits per heavy atom. The van der Waals surface area contributed by atoms with Crippen molar-refractivity contribution in [2.45, 2.75) is 24.3 Å². The maximum Gasteiger partial charge on any atom is 0.270 e. The van der Waals surface area contributed by atoms with E-state index >= 15 is 0 Å². The zero-order valence-corrected chi connectivity index (χ0v) is 21.1. The third kappa shape index (κ3) is 6.78. The Morgan fingerprint density at radius 3 is 2.47 bits per heavy atom. The highest BCUT2D eigenvalue weighted by atomic mass is 32.2. The molecule has 38 heavy (non-hydrogen) atoms. The van der Waals surface area contributed by atoms with Gasteiger partial charge in [0.1, 0.15) is 11.5 Å². The van der Waals surface area contributed by atoms with Gasteiger partial charge in [0.05, 0.1) is 22.1 Å². The van der Waals surface area contributed by atoms with Crippen LogP contribution in [-0.2, 0) is 14.8 Å². The molecular weight excluding hydrogens is 508 g/mol. The van der Waals surface area contributed by atoms with Gasteiger partial charge in [-0.15, -0.1) is 0 Å². The number of hydrazone groups is 1. The molecule has 0 aliphatic carbocycles. The van der Waals surface area contributed by atoms with E-state index in [2.05, 4.69) is 15.2 Å². The van der Waals surface area contributed by atoms with E-state index in [0.717, 1.165) is 5.56 Å². The van der Waals surface area contributed by atoms with Gasteiger partial charge in [0, 0.05) is 24.1 Å². The lowest BCUT2D eigenvalue weighted by atomic mass is 10.0. The average Bonchev–Trinajstić information content (AvgIpc) is 3.38. The normalized spacial score (nSPS) is 12.3. The number of rotatable bonds is 10. The van der Waals surface area contributed by atoms with Gasteiger partial charge in [-0.2, -0.15) is 5.10 Å². The second-order valence-corrected chi connectivity index (χ2v) is 10.1. The average molecular weight is 533 g/mol. The zero-order valence-electron chi connectivity index (χ0n) is 20.3. The van der Waals surface area contributed by atoms with Crippen LogP contribution in [0.5, 0.6) is 0 Å². The Hall–Kier alpha value is -4.61. The van der Waals surface area contributed by atoms with Gasteiger partial charge in [0.25, 0.3) is 5.69 Å². The van der Waals surface area contributed by atoms with Crippen molar-refractivity contribution in [3.63, 3.8) is 0 Å². The van der Waals surface area contributed by atoms with Gasteiger partial charge in [-0.25, -0.2) is 18.6 Å². The molecule has 1 amide bonds. The molecule has 11 heteroatoms. The van der Waals surface area contributed by atoms with Crippen LogP contribution >= 0.6 is 0 Å². The summed E-state index contributed by atoms with van der Waals surface area (Å²) in [7, 11) is -3.89. The Bertz CT molecular complexity index is 1560. The van der Waals surface area contributed by atoms with E-state index in [1.54, 1.807) is 66.7 Å². The molecule has 3 aromatic carbocycles. The first-order valence-corrected chi connectivity index (χ1v) is 13.0. The van der Waals surface area contributed by atoms with Gasteiger partial charge in [0.15, 0.2) is 0 Å². The van der Waals surface area contributed by atoms with Crippen LogP contribution in [0.15, 0.2) is 105 Å². The summed E-state index contributed by atoms with van der Waals surface area (Å²) in [4.78, 5) is 23.3. The van der Waals surface area contributed by atoms with Gasteiger partial charge in [-0.1, -0.05) is 60.2 Å². The fourth-order valence-electron chi connectivity index (χ4n) is 3.63. The molecule has 10 nitrogen and oxygen atoms in total. The van der Waals surface area contributed by atoms with Crippen molar-refractivity contribution >= 4 is 27.8 Å². The third-order valence-electron chi connectivity index (χ3n) is 5.57. The third-order valence-corrected chi connectivity index (χ3v) is 7.06. The number of hydrogen-bond donors (Lipinski definition) is 2. The lowest BCUT2D eigenvalue weighted by Crippen LogP contribution is -2.32. The van der Waals surface area contributed by atoms with Gasteiger partial charge >= 0.3 is 0 Å². The van der Waals surface area contributed by atoms with Gasteiger partial charge < -0.3 is 4.42 Å². The van der Waals surface area contributed by atoms with E-state index in [4.69, 9.17) is 4.42 Å². The number of nitro groups is 1. The first-order valence-electron chi connectivity index (χ1n) is 11.5. The number of nitro benzene ring substituents is 1. The van der Waals surface area contributed by atoms with E-state index in [1.165, 1.54) is 30.5 Å². The van der Waals surface area contributed by atoms with Crippen LogP contribution in [0.4, 0.5) is 5.69 Å². The molecule has 194 valence electrons. The lowest BCUT2D eigenvalue weighted by molar-refractivity contribution is -0.384. The van der Waals surface area contributed by atoms with Crippen molar-refractivity contribution in [3.8, 4) is 11.3 Å². The predicted molar refractivity (Wildman–Crippen MR) is 142 cm³/mol. The van der Waals surface area contributed by atoms with Gasteiger partial charge in [-0.05, 0) is 36.8 Å². The van der Waals surface area contributed by atoms with Crippen LogP contribution in [0.1, 0.15) is 29.3 Å². The SMILES string of the molecule is Cc1ccc(S(=O)(=O)N[C@H](CC(=O)N/N=C\c2ccc(-c3cccc([N+](=O)[O-])c3)o2)c2ccccc2)cc1. The number of nitrogens with one attached hydrogen (secondary N) is 2. The molecule has 0 aliphatic heterocycles. The largest absolute Gasteiger partial charge is 0.455 e.